The molecule has 0 aliphatic heterocycles. The summed E-state index contributed by atoms with van der Waals surface area (Å²) in [5.74, 6) is 2.10. The molecule has 0 saturated heterocycles. The SMILES string of the molecule is CCCC(C)C(CNCC(C)C)c1ccccc1C. The fourth-order valence-electron chi connectivity index (χ4n) is 2.80. The first kappa shape index (κ1) is 16.2. The summed E-state index contributed by atoms with van der Waals surface area (Å²) in [5, 5.41) is 3.65. The van der Waals surface area contributed by atoms with Gasteiger partial charge in [0.1, 0.15) is 0 Å². The molecule has 1 N–H and O–H groups in total. The van der Waals surface area contributed by atoms with E-state index in [1.54, 1.807) is 0 Å². The summed E-state index contributed by atoms with van der Waals surface area (Å²) in [6.45, 7) is 13.7. The van der Waals surface area contributed by atoms with Crippen LogP contribution < -0.4 is 5.32 Å². The van der Waals surface area contributed by atoms with Gasteiger partial charge in [-0.25, -0.2) is 0 Å². The lowest BCUT2D eigenvalue weighted by molar-refractivity contribution is 0.393. The molecule has 0 amide bonds. The van der Waals surface area contributed by atoms with Gasteiger partial charge >= 0.3 is 0 Å². The maximum absolute atomic E-state index is 3.65. The van der Waals surface area contributed by atoms with Gasteiger partial charge in [0.25, 0.3) is 0 Å². The highest BCUT2D eigenvalue weighted by molar-refractivity contribution is 5.30. The smallest absolute Gasteiger partial charge is 0.00229 e. The molecule has 1 nitrogen and oxygen atoms in total. The third kappa shape index (κ3) is 5.36. The molecule has 1 aromatic rings. The second kappa shape index (κ2) is 8.37. The van der Waals surface area contributed by atoms with E-state index in [1.165, 1.54) is 24.0 Å². The van der Waals surface area contributed by atoms with Crippen LogP contribution in [0.15, 0.2) is 24.3 Å². The largest absolute Gasteiger partial charge is 0.316 e. The maximum atomic E-state index is 3.65. The van der Waals surface area contributed by atoms with E-state index in [2.05, 4.69) is 64.2 Å². The van der Waals surface area contributed by atoms with Crippen molar-refractivity contribution in [1.82, 2.24) is 5.32 Å². The topological polar surface area (TPSA) is 12.0 Å². The van der Waals surface area contributed by atoms with Crippen LogP contribution in [-0.4, -0.2) is 13.1 Å². The number of hydrogen-bond donors (Lipinski definition) is 1. The average molecular weight is 261 g/mol. The molecule has 1 aromatic carbocycles. The summed E-state index contributed by atoms with van der Waals surface area (Å²) in [6.07, 6.45) is 2.58. The molecule has 0 fully saturated rings. The summed E-state index contributed by atoms with van der Waals surface area (Å²) in [5.41, 5.74) is 2.96. The van der Waals surface area contributed by atoms with Crippen LogP contribution in [0.25, 0.3) is 0 Å². The Labute approximate surface area is 119 Å². The third-order valence-electron chi connectivity index (χ3n) is 3.94. The van der Waals surface area contributed by atoms with Gasteiger partial charge in [-0.2, -0.15) is 0 Å². The molecular formula is C18H31N. The highest BCUT2D eigenvalue weighted by atomic mass is 14.9. The van der Waals surface area contributed by atoms with Gasteiger partial charge in [0.2, 0.25) is 0 Å². The molecule has 0 aliphatic carbocycles. The number of aryl methyl sites for hydroxylation is 1. The Morgan fingerprint density at radius 1 is 1.05 bits per heavy atom. The summed E-state index contributed by atoms with van der Waals surface area (Å²) in [6, 6.07) is 8.87. The van der Waals surface area contributed by atoms with Gasteiger partial charge in [-0.1, -0.05) is 64.8 Å². The van der Waals surface area contributed by atoms with Crippen molar-refractivity contribution in [2.75, 3.05) is 13.1 Å². The van der Waals surface area contributed by atoms with Crippen molar-refractivity contribution in [3.63, 3.8) is 0 Å². The molecule has 0 aromatic heterocycles. The molecule has 0 aliphatic rings. The van der Waals surface area contributed by atoms with Gasteiger partial charge in [-0.05, 0) is 42.3 Å². The molecule has 19 heavy (non-hydrogen) atoms. The molecule has 1 rings (SSSR count). The second-order valence-electron chi connectivity index (χ2n) is 6.28. The van der Waals surface area contributed by atoms with Crippen molar-refractivity contribution in [2.45, 2.75) is 53.4 Å². The summed E-state index contributed by atoms with van der Waals surface area (Å²) in [7, 11) is 0. The number of rotatable bonds is 8. The first-order valence-corrected chi connectivity index (χ1v) is 7.82. The number of benzene rings is 1. The predicted molar refractivity (Wildman–Crippen MR) is 85.7 cm³/mol. The van der Waals surface area contributed by atoms with E-state index in [1.807, 2.05) is 0 Å². The minimum absolute atomic E-state index is 0.639. The molecule has 2 unspecified atom stereocenters. The Kier molecular flexibility index (Phi) is 7.15. The molecule has 0 radical (unpaired) electrons. The average Bonchev–Trinajstić information content (AvgIpc) is 2.36. The molecule has 0 saturated carbocycles. The van der Waals surface area contributed by atoms with E-state index in [9.17, 15) is 0 Å². The fourth-order valence-corrected chi connectivity index (χ4v) is 2.80. The lowest BCUT2D eigenvalue weighted by Crippen LogP contribution is -2.29. The standard InChI is InChI=1S/C18H31N/c1-6-9-15(4)18(13-19-12-14(2)3)17-11-8-7-10-16(17)5/h7-8,10-11,14-15,18-19H,6,9,12-13H2,1-5H3. The minimum Gasteiger partial charge on any atom is -0.316 e. The maximum Gasteiger partial charge on any atom is 0.00229 e. The Morgan fingerprint density at radius 2 is 1.74 bits per heavy atom. The van der Waals surface area contributed by atoms with Gasteiger partial charge in [0.05, 0.1) is 0 Å². The van der Waals surface area contributed by atoms with E-state index in [0.717, 1.165) is 24.9 Å². The summed E-state index contributed by atoms with van der Waals surface area (Å²) >= 11 is 0. The zero-order valence-corrected chi connectivity index (χ0v) is 13.4. The first-order chi connectivity index (χ1) is 9.06. The molecule has 0 heterocycles. The summed E-state index contributed by atoms with van der Waals surface area (Å²) < 4.78 is 0. The Hall–Kier alpha value is -0.820. The minimum atomic E-state index is 0.639. The highest BCUT2D eigenvalue weighted by Crippen LogP contribution is 2.29. The summed E-state index contributed by atoms with van der Waals surface area (Å²) in [4.78, 5) is 0. The van der Waals surface area contributed by atoms with Crippen LogP contribution >= 0.6 is 0 Å². The zero-order valence-electron chi connectivity index (χ0n) is 13.4. The van der Waals surface area contributed by atoms with Crippen molar-refractivity contribution < 1.29 is 0 Å². The van der Waals surface area contributed by atoms with Crippen molar-refractivity contribution in [1.29, 1.82) is 0 Å². The predicted octanol–water partition coefficient (Wildman–Crippen LogP) is 4.76. The quantitative estimate of drug-likeness (QED) is 0.711. The van der Waals surface area contributed by atoms with Crippen LogP contribution in [0.2, 0.25) is 0 Å². The highest BCUT2D eigenvalue weighted by Gasteiger charge is 2.19. The van der Waals surface area contributed by atoms with Crippen molar-refractivity contribution in [2.24, 2.45) is 11.8 Å². The van der Waals surface area contributed by atoms with Gasteiger partial charge < -0.3 is 5.32 Å². The Balaban J connectivity index is 2.77. The number of hydrogen-bond acceptors (Lipinski definition) is 1. The van der Waals surface area contributed by atoms with Crippen LogP contribution in [-0.2, 0) is 0 Å². The van der Waals surface area contributed by atoms with E-state index in [-0.39, 0.29) is 0 Å². The van der Waals surface area contributed by atoms with Crippen LogP contribution in [0.1, 0.15) is 57.6 Å². The molecule has 0 bridgehead atoms. The van der Waals surface area contributed by atoms with Crippen LogP contribution in [0.3, 0.4) is 0 Å². The normalized spacial score (nSPS) is 14.6. The van der Waals surface area contributed by atoms with E-state index >= 15 is 0 Å². The van der Waals surface area contributed by atoms with Crippen LogP contribution in [0.4, 0.5) is 0 Å². The van der Waals surface area contributed by atoms with Gasteiger partial charge in [-0.15, -0.1) is 0 Å². The lowest BCUT2D eigenvalue weighted by Gasteiger charge is -2.26. The van der Waals surface area contributed by atoms with Crippen LogP contribution in [0.5, 0.6) is 0 Å². The third-order valence-corrected chi connectivity index (χ3v) is 3.94. The molecule has 0 spiro atoms. The molecule has 1 heteroatoms. The van der Waals surface area contributed by atoms with Crippen molar-refractivity contribution >= 4 is 0 Å². The Morgan fingerprint density at radius 3 is 2.32 bits per heavy atom. The lowest BCUT2D eigenvalue weighted by atomic mass is 9.82. The monoisotopic (exact) mass is 261 g/mol. The van der Waals surface area contributed by atoms with E-state index in [0.29, 0.717) is 5.92 Å². The molecule has 2 atom stereocenters. The van der Waals surface area contributed by atoms with Crippen LogP contribution in [0, 0.1) is 18.8 Å². The number of nitrogens with one attached hydrogen (secondary N) is 1. The molecule has 108 valence electrons. The van der Waals surface area contributed by atoms with E-state index < -0.39 is 0 Å². The van der Waals surface area contributed by atoms with Gasteiger partial charge in [0, 0.05) is 6.54 Å². The Bertz CT molecular complexity index is 356. The van der Waals surface area contributed by atoms with E-state index in [4.69, 9.17) is 0 Å². The second-order valence-corrected chi connectivity index (χ2v) is 6.28. The van der Waals surface area contributed by atoms with Crippen molar-refractivity contribution in [3.05, 3.63) is 35.4 Å². The molecular weight excluding hydrogens is 230 g/mol. The first-order valence-electron chi connectivity index (χ1n) is 7.82. The fraction of sp³-hybridized carbons (Fsp3) is 0.667. The zero-order chi connectivity index (χ0) is 14.3. The van der Waals surface area contributed by atoms with Crippen molar-refractivity contribution in [3.8, 4) is 0 Å². The van der Waals surface area contributed by atoms with Gasteiger partial charge in [0.15, 0.2) is 0 Å². The van der Waals surface area contributed by atoms with Gasteiger partial charge in [-0.3, -0.25) is 0 Å².